The Morgan fingerprint density at radius 3 is 2.26 bits per heavy atom. The number of hydrazine groups is 1. The van der Waals surface area contributed by atoms with Crippen LogP contribution in [0.5, 0.6) is 23.0 Å². The molecule has 1 aromatic heterocycles. The number of ether oxygens (including phenoxy) is 4. The number of methoxy groups -OCH3 is 4. The first kappa shape index (κ1) is 26.3. The van der Waals surface area contributed by atoms with E-state index in [0.717, 1.165) is 35.3 Å². The molecule has 0 unspecified atom stereocenters. The lowest BCUT2D eigenvalue weighted by Crippen LogP contribution is -2.34. The van der Waals surface area contributed by atoms with Crippen molar-refractivity contribution in [2.45, 2.75) is 19.8 Å². The quantitative estimate of drug-likeness (QED) is 0.278. The number of aromatic nitrogens is 1. The Morgan fingerprint density at radius 2 is 1.66 bits per heavy atom. The summed E-state index contributed by atoms with van der Waals surface area (Å²) in [4.78, 5) is 12.6. The molecule has 0 aliphatic heterocycles. The van der Waals surface area contributed by atoms with Crippen LogP contribution in [0, 0.1) is 0 Å². The normalized spacial score (nSPS) is 10.8. The summed E-state index contributed by atoms with van der Waals surface area (Å²) >= 11 is 1.34. The summed E-state index contributed by atoms with van der Waals surface area (Å²) in [7, 11) is 6.29. The average molecular weight is 501 g/mol. The molecule has 0 bridgehead atoms. The lowest BCUT2D eigenvalue weighted by atomic mass is 10.0. The van der Waals surface area contributed by atoms with Crippen molar-refractivity contribution >= 4 is 23.1 Å². The number of carbonyl (C=O) groups is 1. The number of hydrogen-bond acceptors (Lipinski definition) is 9. The zero-order valence-corrected chi connectivity index (χ0v) is 21.5. The van der Waals surface area contributed by atoms with E-state index >= 15 is 0 Å². The molecule has 3 N–H and O–H groups in total. The smallest absolute Gasteiger partial charge is 0.225 e. The van der Waals surface area contributed by atoms with E-state index in [1.54, 1.807) is 33.4 Å². The van der Waals surface area contributed by atoms with Crippen molar-refractivity contribution in [3.63, 3.8) is 0 Å². The predicted molar refractivity (Wildman–Crippen MR) is 138 cm³/mol. The average Bonchev–Trinajstić information content (AvgIpc) is 3.36. The molecule has 3 aromatic rings. The number of anilines is 1. The second-order valence-corrected chi connectivity index (χ2v) is 8.37. The van der Waals surface area contributed by atoms with Crippen molar-refractivity contribution in [1.29, 1.82) is 0 Å². The van der Waals surface area contributed by atoms with Crippen LogP contribution in [0.3, 0.4) is 0 Å². The van der Waals surface area contributed by atoms with Crippen LogP contribution in [0.1, 0.15) is 19.8 Å². The van der Waals surface area contributed by atoms with Crippen LogP contribution < -0.4 is 30.1 Å². The molecular formula is C25H32N4O5S. The number of nitrogens with two attached hydrogens (primary N) is 1. The number of amides is 1. The van der Waals surface area contributed by atoms with Crippen molar-refractivity contribution in [1.82, 2.24) is 9.38 Å². The molecule has 0 spiro atoms. The van der Waals surface area contributed by atoms with Gasteiger partial charge in [-0.2, -0.15) is 4.37 Å². The molecule has 3 rings (SSSR count). The minimum Gasteiger partial charge on any atom is -0.495 e. The van der Waals surface area contributed by atoms with E-state index in [9.17, 15) is 4.79 Å². The fourth-order valence-corrected chi connectivity index (χ4v) is 4.41. The van der Waals surface area contributed by atoms with Crippen LogP contribution >= 0.6 is 11.5 Å². The number of benzene rings is 2. The predicted octanol–water partition coefficient (Wildman–Crippen LogP) is 4.43. The van der Waals surface area contributed by atoms with E-state index in [4.69, 9.17) is 24.8 Å². The number of nitrogens with one attached hydrogen (secondary N) is 1. The Kier molecular flexibility index (Phi) is 9.30. The van der Waals surface area contributed by atoms with Crippen LogP contribution in [0.25, 0.3) is 22.4 Å². The molecule has 0 saturated carbocycles. The summed E-state index contributed by atoms with van der Waals surface area (Å²) in [5, 5.41) is 6.56. The van der Waals surface area contributed by atoms with Gasteiger partial charge in [0, 0.05) is 36.0 Å². The van der Waals surface area contributed by atoms with Gasteiger partial charge in [0.1, 0.15) is 5.75 Å². The van der Waals surface area contributed by atoms with Crippen LogP contribution in [0.4, 0.5) is 5.69 Å². The Labute approximate surface area is 209 Å². The highest BCUT2D eigenvalue weighted by Gasteiger charge is 2.19. The van der Waals surface area contributed by atoms with Gasteiger partial charge in [-0.25, -0.2) is 5.01 Å². The van der Waals surface area contributed by atoms with Crippen LogP contribution in [-0.2, 0) is 4.79 Å². The zero-order valence-electron chi connectivity index (χ0n) is 20.7. The monoisotopic (exact) mass is 500 g/mol. The molecule has 9 nitrogen and oxygen atoms in total. The van der Waals surface area contributed by atoms with Crippen molar-refractivity contribution < 1.29 is 23.7 Å². The maximum atomic E-state index is 12.6. The van der Waals surface area contributed by atoms with Crippen LogP contribution in [-0.4, -0.2) is 56.8 Å². The number of rotatable bonds is 12. The summed E-state index contributed by atoms with van der Waals surface area (Å²) in [5.74, 6) is 7.93. The van der Waals surface area contributed by atoms with Gasteiger partial charge in [0.05, 0.1) is 39.8 Å². The van der Waals surface area contributed by atoms with E-state index < -0.39 is 0 Å². The number of carbonyl (C=O) groups excluding carboxylic acids is 1. The highest BCUT2D eigenvalue weighted by molar-refractivity contribution is 7.04. The van der Waals surface area contributed by atoms with Gasteiger partial charge < -0.3 is 24.3 Å². The molecule has 0 aliphatic rings. The maximum Gasteiger partial charge on any atom is 0.225 e. The second kappa shape index (κ2) is 12.4. The maximum absolute atomic E-state index is 12.6. The van der Waals surface area contributed by atoms with Crippen molar-refractivity contribution in [2.75, 3.05) is 46.8 Å². The fraction of sp³-hybridized carbons (Fsp3) is 0.360. The lowest BCUT2D eigenvalue weighted by Gasteiger charge is -2.16. The highest BCUT2D eigenvalue weighted by Crippen LogP contribution is 2.44. The van der Waals surface area contributed by atoms with Gasteiger partial charge in [0.25, 0.3) is 0 Å². The van der Waals surface area contributed by atoms with E-state index in [1.807, 2.05) is 42.6 Å². The molecule has 0 aliphatic carbocycles. The third-order valence-electron chi connectivity index (χ3n) is 5.43. The lowest BCUT2D eigenvalue weighted by molar-refractivity contribution is -0.116. The van der Waals surface area contributed by atoms with Crippen LogP contribution in [0.15, 0.2) is 35.7 Å². The van der Waals surface area contributed by atoms with Gasteiger partial charge in [-0.05, 0) is 47.8 Å². The summed E-state index contributed by atoms with van der Waals surface area (Å²) in [5.41, 5.74) is 3.94. The standard InChI is InChI=1S/C25H32N4O5S/c1-6-10-29(26)11-9-23(30)27-19-12-16(7-8-20(19)31-2)18-15-35-28-24(18)17-13-21(32-3)25(34-5)22(14-17)33-4/h7-8,12-15H,6,9-11,26H2,1-5H3,(H,27,30). The first-order chi connectivity index (χ1) is 16.9. The number of hydrogen-bond donors (Lipinski definition) is 2. The highest BCUT2D eigenvalue weighted by atomic mass is 32.1. The van der Waals surface area contributed by atoms with Gasteiger partial charge in [-0.3, -0.25) is 10.6 Å². The van der Waals surface area contributed by atoms with Crippen LogP contribution in [0.2, 0.25) is 0 Å². The van der Waals surface area contributed by atoms with Gasteiger partial charge in [0.2, 0.25) is 11.7 Å². The first-order valence-electron chi connectivity index (χ1n) is 11.2. The summed E-state index contributed by atoms with van der Waals surface area (Å²) in [6.07, 6.45) is 1.21. The number of nitrogens with zero attached hydrogens (tertiary/aromatic N) is 2. The van der Waals surface area contributed by atoms with E-state index in [-0.39, 0.29) is 12.3 Å². The van der Waals surface area contributed by atoms with Crippen molar-refractivity contribution in [2.24, 2.45) is 5.84 Å². The molecular weight excluding hydrogens is 468 g/mol. The third kappa shape index (κ3) is 6.21. The molecule has 10 heteroatoms. The molecule has 0 fully saturated rings. The molecule has 0 saturated heterocycles. The molecule has 0 radical (unpaired) electrons. The molecule has 0 atom stereocenters. The summed E-state index contributed by atoms with van der Waals surface area (Å²) in [6.45, 7) is 3.25. The largest absolute Gasteiger partial charge is 0.495 e. The molecule has 35 heavy (non-hydrogen) atoms. The minimum atomic E-state index is -0.139. The topological polar surface area (TPSA) is 108 Å². The Balaban J connectivity index is 1.93. The van der Waals surface area contributed by atoms with Gasteiger partial charge in [-0.15, -0.1) is 0 Å². The first-order valence-corrected chi connectivity index (χ1v) is 12.0. The van der Waals surface area contributed by atoms with Gasteiger partial charge in [-0.1, -0.05) is 13.0 Å². The molecule has 1 heterocycles. The van der Waals surface area contributed by atoms with E-state index in [0.29, 0.717) is 35.2 Å². The van der Waals surface area contributed by atoms with E-state index in [2.05, 4.69) is 9.69 Å². The SMILES string of the molecule is CCCN(N)CCC(=O)Nc1cc(-c2csnc2-c2cc(OC)c(OC)c(OC)c2)ccc1OC. The molecule has 188 valence electrons. The zero-order chi connectivity index (χ0) is 25.4. The second-order valence-electron chi connectivity index (χ2n) is 7.74. The minimum absolute atomic E-state index is 0.139. The summed E-state index contributed by atoms with van der Waals surface area (Å²) < 4.78 is 26.5. The van der Waals surface area contributed by atoms with Gasteiger partial charge >= 0.3 is 0 Å². The Morgan fingerprint density at radius 1 is 0.971 bits per heavy atom. The van der Waals surface area contributed by atoms with E-state index in [1.165, 1.54) is 11.5 Å². The van der Waals surface area contributed by atoms with Gasteiger partial charge in [0.15, 0.2) is 11.5 Å². The fourth-order valence-electron chi connectivity index (χ4n) is 3.70. The molecule has 2 aromatic carbocycles. The molecule has 1 amide bonds. The summed E-state index contributed by atoms with van der Waals surface area (Å²) in [6, 6.07) is 9.37. The Hall–Kier alpha value is -3.34. The third-order valence-corrected chi connectivity index (χ3v) is 6.06. The van der Waals surface area contributed by atoms with Crippen molar-refractivity contribution in [3.8, 4) is 45.4 Å². The Bertz CT molecular complexity index is 1130. The van der Waals surface area contributed by atoms with Crippen molar-refractivity contribution in [3.05, 3.63) is 35.7 Å².